The van der Waals surface area contributed by atoms with Crippen molar-refractivity contribution in [2.75, 3.05) is 5.32 Å². The summed E-state index contributed by atoms with van der Waals surface area (Å²) in [5, 5.41) is 33.9. The number of anilines is 2. The summed E-state index contributed by atoms with van der Waals surface area (Å²) in [4.78, 5) is 11.8. The van der Waals surface area contributed by atoms with E-state index in [0.717, 1.165) is 41.8 Å². The van der Waals surface area contributed by atoms with Crippen molar-refractivity contribution in [2.45, 2.75) is 33.1 Å². The first kappa shape index (κ1) is 20.3. The zero-order valence-corrected chi connectivity index (χ0v) is 17.4. The zero-order chi connectivity index (χ0) is 22.0. The van der Waals surface area contributed by atoms with E-state index >= 15 is 0 Å². The van der Waals surface area contributed by atoms with Crippen molar-refractivity contribution in [3.05, 3.63) is 75.8 Å². The van der Waals surface area contributed by atoms with Gasteiger partial charge in [0.2, 0.25) is 0 Å². The molecule has 0 amide bonds. The number of hydrogen-bond acceptors (Lipinski definition) is 6. The summed E-state index contributed by atoms with van der Waals surface area (Å²) in [6.07, 6.45) is 2.86. The number of nitrogens with zero attached hydrogens (tertiary/aromatic N) is 4. The van der Waals surface area contributed by atoms with E-state index in [1.165, 1.54) is 16.9 Å². The minimum atomic E-state index is -0.428. The molecule has 0 aliphatic carbocycles. The Hall–Kier alpha value is -3.94. The monoisotopic (exact) mass is 417 g/mol. The molecule has 4 rings (SSSR count). The van der Waals surface area contributed by atoms with Crippen LogP contribution in [0.25, 0.3) is 16.7 Å². The molecule has 0 saturated carbocycles. The van der Waals surface area contributed by atoms with Crippen molar-refractivity contribution >= 4 is 28.1 Å². The Morgan fingerprint density at radius 1 is 1.03 bits per heavy atom. The number of fused-ring (bicyclic) bond motifs is 1. The predicted molar refractivity (Wildman–Crippen MR) is 120 cm³/mol. The first-order chi connectivity index (χ1) is 14.9. The Bertz CT molecular complexity index is 1250. The van der Waals surface area contributed by atoms with Crippen molar-refractivity contribution in [3.8, 4) is 11.4 Å². The van der Waals surface area contributed by atoms with Gasteiger partial charge in [0.15, 0.2) is 0 Å². The third-order valence-electron chi connectivity index (χ3n) is 5.08. The topological polar surface area (TPSA) is 106 Å². The van der Waals surface area contributed by atoms with E-state index in [1.807, 2.05) is 37.3 Å². The number of nitro benzene ring substituents is 1. The van der Waals surface area contributed by atoms with Crippen molar-refractivity contribution in [1.29, 1.82) is 0 Å². The number of aryl methyl sites for hydroxylation is 2. The molecule has 2 N–H and O–H groups in total. The molecule has 158 valence electrons. The Morgan fingerprint density at radius 3 is 2.45 bits per heavy atom. The van der Waals surface area contributed by atoms with Crippen LogP contribution in [0.2, 0.25) is 0 Å². The molecule has 8 heteroatoms. The van der Waals surface area contributed by atoms with E-state index in [9.17, 15) is 15.2 Å². The lowest BCUT2D eigenvalue weighted by Gasteiger charge is -2.10. The highest BCUT2D eigenvalue weighted by Gasteiger charge is 2.14. The van der Waals surface area contributed by atoms with Crippen molar-refractivity contribution in [1.82, 2.24) is 15.0 Å². The number of aromatic nitrogens is 3. The smallest absolute Gasteiger partial charge is 0.269 e. The van der Waals surface area contributed by atoms with Gasteiger partial charge in [-0.3, -0.25) is 10.1 Å². The van der Waals surface area contributed by atoms with E-state index in [2.05, 4.69) is 22.4 Å². The maximum absolute atomic E-state index is 10.8. The standard InChI is InChI=1S/C23H23N5O3/c1-3-4-5-16-12-15(2)13-22(23(16)29)27-25-20-11-8-18(14-21(20)26-27)24-17-6-9-19(10-7-17)28(30)31/h6-14,24,29H,3-5H2,1-2H3. The predicted octanol–water partition coefficient (Wildman–Crippen LogP) is 5.43. The van der Waals surface area contributed by atoms with Crippen molar-refractivity contribution in [2.24, 2.45) is 0 Å². The molecule has 8 nitrogen and oxygen atoms in total. The van der Waals surface area contributed by atoms with E-state index in [0.29, 0.717) is 16.7 Å². The zero-order valence-electron chi connectivity index (χ0n) is 17.4. The maximum atomic E-state index is 10.8. The fourth-order valence-corrected chi connectivity index (χ4v) is 3.48. The van der Waals surface area contributed by atoms with Crippen LogP contribution in [0.15, 0.2) is 54.6 Å². The van der Waals surface area contributed by atoms with Gasteiger partial charge in [0, 0.05) is 23.5 Å². The molecule has 0 bridgehead atoms. The molecule has 0 fully saturated rings. The number of hydrogen-bond donors (Lipinski definition) is 2. The molecule has 4 aromatic rings. The molecule has 0 aliphatic rings. The fourth-order valence-electron chi connectivity index (χ4n) is 3.48. The number of unbranched alkanes of at least 4 members (excludes halogenated alkanes) is 1. The van der Waals surface area contributed by atoms with Gasteiger partial charge in [-0.25, -0.2) is 0 Å². The highest BCUT2D eigenvalue weighted by atomic mass is 16.6. The molecule has 0 spiro atoms. The molecule has 0 unspecified atom stereocenters. The molecule has 0 saturated heterocycles. The van der Waals surface area contributed by atoms with Gasteiger partial charge in [-0.05, 0) is 67.3 Å². The first-order valence-corrected chi connectivity index (χ1v) is 10.2. The van der Waals surface area contributed by atoms with Crippen LogP contribution >= 0.6 is 0 Å². The second-order valence-electron chi connectivity index (χ2n) is 7.52. The van der Waals surface area contributed by atoms with Gasteiger partial charge in [0.1, 0.15) is 22.5 Å². The molecule has 1 heterocycles. The largest absolute Gasteiger partial charge is 0.505 e. The van der Waals surface area contributed by atoms with E-state index < -0.39 is 4.92 Å². The van der Waals surface area contributed by atoms with Crippen LogP contribution in [0.5, 0.6) is 5.75 Å². The van der Waals surface area contributed by atoms with Crippen LogP contribution in [-0.2, 0) is 6.42 Å². The van der Waals surface area contributed by atoms with Crippen LogP contribution in [0.1, 0.15) is 30.9 Å². The summed E-state index contributed by atoms with van der Waals surface area (Å²) in [7, 11) is 0. The second kappa shape index (κ2) is 8.43. The summed E-state index contributed by atoms with van der Waals surface area (Å²) >= 11 is 0. The molecule has 1 aromatic heterocycles. The highest BCUT2D eigenvalue weighted by molar-refractivity contribution is 5.80. The van der Waals surface area contributed by atoms with Gasteiger partial charge in [-0.15, -0.1) is 15.0 Å². The number of phenolic OH excluding ortho intramolecular Hbond substituents is 1. The number of non-ortho nitro benzene ring substituents is 1. The summed E-state index contributed by atoms with van der Waals surface area (Å²) in [6.45, 7) is 4.12. The number of phenols is 1. The molecule has 0 aliphatic heterocycles. The maximum Gasteiger partial charge on any atom is 0.269 e. The summed E-state index contributed by atoms with van der Waals surface area (Å²) in [5.41, 5.74) is 5.43. The molecule has 3 aromatic carbocycles. The number of rotatable bonds is 7. The summed E-state index contributed by atoms with van der Waals surface area (Å²) < 4.78 is 0. The number of aromatic hydroxyl groups is 1. The van der Waals surface area contributed by atoms with Crippen molar-refractivity contribution < 1.29 is 10.0 Å². The average Bonchev–Trinajstić information content (AvgIpc) is 3.17. The van der Waals surface area contributed by atoms with Gasteiger partial charge >= 0.3 is 0 Å². The molecular weight excluding hydrogens is 394 g/mol. The van der Waals surface area contributed by atoms with Crippen LogP contribution < -0.4 is 5.32 Å². The lowest BCUT2D eigenvalue weighted by molar-refractivity contribution is -0.384. The fraction of sp³-hybridized carbons (Fsp3) is 0.217. The molecule has 0 atom stereocenters. The quantitative estimate of drug-likeness (QED) is 0.307. The van der Waals surface area contributed by atoms with Gasteiger partial charge < -0.3 is 10.4 Å². The number of benzene rings is 3. The average molecular weight is 417 g/mol. The lowest BCUT2D eigenvalue weighted by atomic mass is 10.0. The van der Waals surface area contributed by atoms with E-state index in [4.69, 9.17) is 0 Å². The van der Waals surface area contributed by atoms with Crippen LogP contribution in [0.3, 0.4) is 0 Å². The van der Waals surface area contributed by atoms with Gasteiger partial charge in [-0.1, -0.05) is 19.4 Å². The Labute approximate surface area is 179 Å². The Balaban J connectivity index is 1.63. The number of nitro groups is 1. The highest BCUT2D eigenvalue weighted by Crippen LogP contribution is 2.30. The molecule has 31 heavy (non-hydrogen) atoms. The van der Waals surface area contributed by atoms with Gasteiger partial charge in [-0.2, -0.15) is 0 Å². The van der Waals surface area contributed by atoms with Crippen LogP contribution in [-0.4, -0.2) is 25.0 Å². The van der Waals surface area contributed by atoms with Crippen molar-refractivity contribution in [3.63, 3.8) is 0 Å². The third kappa shape index (κ3) is 4.32. The van der Waals surface area contributed by atoms with E-state index in [1.54, 1.807) is 12.1 Å². The second-order valence-corrected chi connectivity index (χ2v) is 7.52. The van der Waals surface area contributed by atoms with Gasteiger partial charge in [0.25, 0.3) is 5.69 Å². The molecule has 0 radical (unpaired) electrons. The normalized spacial score (nSPS) is 11.0. The molecular formula is C23H23N5O3. The summed E-state index contributed by atoms with van der Waals surface area (Å²) in [6, 6.07) is 15.7. The first-order valence-electron chi connectivity index (χ1n) is 10.2. The number of nitrogens with one attached hydrogen (secondary N) is 1. The Morgan fingerprint density at radius 2 is 1.74 bits per heavy atom. The minimum absolute atomic E-state index is 0.0419. The van der Waals surface area contributed by atoms with Crippen LogP contribution in [0.4, 0.5) is 17.1 Å². The third-order valence-corrected chi connectivity index (χ3v) is 5.08. The van der Waals surface area contributed by atoms with E-state index in [-0.39, 0.29) is 11.4 Å². The van der Waals surface area contributed by atoms with Gasteiger partial charge in [0.05, 0.1) is 4.92 Å². The lowest BCUT2D eigenvalue weighted by Crippen LogP contribution is -2.02. The SMILES string of the molecule is CCCCc1cc(C)cc(-n2nc3ccc(Nc4ccc([N+](=O)[O-])cc4)cc3n2)c1O. The Kier molecular flexibility index (Phi) is 5.53. The van der Waals surface area contributed by atoms with Crippen LogP contribution in [0, 0.1) is 17.0 Å². The summed E-state index contributed by atoms with van der Waals surface area (Å²) in [5.74, 6) is 0.212. The minimum Gasteiger partial charge on any atom is -0.505 e.